The van der Waals surface area contributed by atoms with Gasteiger partial charge in [-0.1, -0.05) is 28.1 Å². The van der Waals surface area contributed by atoms with Crippen molar-refractivity contribution in [3.63, 3.8) is 0 Å². The number of nitrogens with one attached hydrogen (secondary N) is 2. The van der Waals surface area contributed by atoms with E-state index in [0.29, 0.717) is 18.8 Å². The van der Waals surface area contributed by atoms with E-state index in [1.165, 1.54) is 0 Å². The molecular formula is C19H17BrN4O. The number of rotatable bonds is 6. The number of halogens is 1. The van der Waals surface area contributed by atoms with Crippen LogP contribution in [0, 0.1) is 0 Å². The van der Waals surface area contributed by atoms with Gasteiger partial charge in [-0.25, -0.2) is 4.98 Å². The molecule has 2 N–H and O–H groups in total. The highest BCUT2D eigenvalue weighted by Gasteiger charge is 2.05. The first-order chi connectivity index (χ1) is 12.2. The van der Waals surface area contributed by atoms with E-state index in [1.807, 2.05) is 42.5 Å². The molecule has 0 aliphatic heterocycles. The third-order valence-electron chi connectivity index (χ3n) is 3.53. The van der Waals surface area contributed by atoms with Crippen molar-refractivity contribution >= 4 is 33.3 Å². The number of amides is 1. The largest absolute Gasteiger partial charge is 0.380 e. The summed E-state index contributed by atoms with van der Waals surface area (Å²) in [7, 11) is 0. The lowest BCUT2D eigenvalue weighted by atomic mass is 10.1. The molecule has 0 saturated carbocycles. The molecule has 0 atom stereocenters. The third kappa shape index (κ3) is 5.39. The smallest absolute Gasteiger partial charge is 0.229 e. The van der Waals surface area contributed by atoms with Crippen molar-refractivity contribution in [2.24, 2.45) is 0 Å². The zero-order valence-electron chi connectivity index (χ0n) is 13.4. The Balaban J connectivity index is 1.52. The minimum absolute atomic E-state index is 0.0944. The molecule has 0 aliphatic rings. The molecule has 2 heterocycles. The molecule has 0 saturated heterocycles. The molecule has 0 aliphatic carbocycles. The van der Waals surface area contributed by atoms with E-state index in [2.05, 4.69) is 36.5 Å². The molecule has 5 nitrogen and oxygen atoms in total. The first-order valence-corrected chi connectivity index (χ1v) is 8.61. The molecule has 0 radical (unpaired) electrons. The van der Waals surface area contributed by atoms with E-state index in [0.717, 1.165) is 21.3 Å². The summed E-state index contributed by atoms with van der Waals surface area (Å²) in [5, 5.41) is 6.09. The molecule has 6 heteroatoms. The molecule has 3 aromatic rings. The summed E-state index contributed by atoms with van der Waals surface area (Å²) < 4.78 is 0.959. The van der Waals surface area contributed by atoms with Gasteiger partial charge in [-0.15, -0.1) is 0 Å². The fourth-order valence-corrected chi connectivity index (χ4v) is 2.74. The van der Waals surface area contributed by atoms with Crippen LogP contribution >= 0.6 is 15.9 Å². The zero-order chi connectivity index (χ0) is 17.5. The molecule has 0 bridgehead atoms. The van der Waals surface area contributed by atoms with Gasteiger partial charge in [-0.2, -0.15) is 0 Å². The predicted molar refractivity (Wildman–Crippen MR) is 102 cm³/mol. The van der Waals surface area contributed by atoms with Crippen molar-refractivity contribution < 1.29 is 4.79 Å². The summed E-state index contributed by atoms with van der Waals surface area (Å²) in [5.74, 6) is 0.442. The molecule has 1 aromatic carbocycles. The van der Waals surface area contributed by atoms with Crippen LogP contribution in [-0.4, -0.2) is 15.9 Å². The summed E-state index contributed by atoms with van der Waals surface area (Å²) in [6.07, 6.45) is 5.54. The second-order valence-corrected chi connectivity index (χ2v) is 6.41. The van der Waals surface area contributed by atoms with Crippen LogP contribution in [-0.2, 0) is 17.8 Å². The molecule has 126 valence electrons. The number of aromatic nitrogens is 2. The highest BCUT2D eigenvalue weighted by atomic mass is 79.9. The van der Waals surface area contributed by atoms with E-state index in [9.17, 15) is 4.79 Å². The fourth-order valence-electron chi connectivity index (χ4n) is 2.30. The monoisotopic (exact) mass is 396 g/mol. The van der Waals surface area contributed by atoms with Gasteiger partial charge in [0.1, 0.15) is 5.82 Å². The lowest BCUT2D eigenvalue weighted by Crippen LogP contribution is -2.15. The summed E-state index contributed by atoms with van der Waals surface area (Å²) in [6.45, 7) is 0.693. The highest BCUT2D eigenvalue weighted by Crippen LogP contribution is 2.14. The van der Waals surface area contributed by atoms with Crippen molar-refractivity contribution in [2.45, 2.75) is 13.0 Å². The molecule has 2 aromatic heterocycles. The maximum atomic E-state index is 12.1. The van der Waals surface area contributed by atoms with Crippen molar-refractivity contribution in [1.29, 1.82) is 0 Å². The molecular weight excluding hydrogens is 380 g/mol. The average Bonchev–Trinajstić information content (AvgIpc) is 2.62. The van der Waals surface area contributed by atoms with Crippen LogP contribution in [0.15, 0.2) is 71.6 Å². The quantitative estimate of drug-likeness (QED) is 0.659. The second-order valence-electron chi connectivity index (χ2n) is 5.50. The average molecular weight is 397 g/mol. The summed E-state index contributed by atoms with van der Waals surface area (Å²) >= 11 is 3.40. The van der Waals surface area contributed by atoms with Gasteiger partial charge in [0, 0.05) is 23.4 Å². The number of hydrogen-bond donors (Lipinski definition) is 2. The van der Waals surface area contributed by atoms with Gasteiger partial charge in [-0.05, 0) is 47.5 Å². The minimum atomic E-state index is -0.0944. The molecule has 0 spiro atoms. The van der Waals surface area contributed by atoms with Gasteiger partial charge in [0.05, 0.1) is 18.3 Å². The Morgan fingerprint density at radius 3 is 2.60 bits per heavy atom. The maximum absolute atomic E-state index is 12.1. The van der Waals surface area contributed by atoms with Gasteiger partial charge in [0.15, 0.2) is 0 Å². The normalized spacial score (nSPS) is 10.3. The Morgan fingerprint density at radius 2 is 1.88 bits per heavy atom. The Morgan fingerprint density at radius 1 is 1.04 bits per heavy atom. The summed E-state index contributed by atoms with van der Waals surface area (Å²) in [5.41, 5.74) is 2.98. The van der Waals surface area contributed by atoms with Crippen LogP contribution in [0.4, 0.5) is 11.5 Å². The highest BCUT2D eigenvalue weighted by molar-refractivity contribution is 9.10. The Hall–Kier alpha value is -2.73. The standard InChI is InChI=1S/C19H17BrN4O/c20-16-3-1-2-15(10-16)11-19(25)24-18-5-4-17(13-23-18)22-12-14-6-8-21-9-7-14/h1-10,13,22H,11-12H2,(H,23,24,25). The third-order valence-corrected chi connectivity index (χ3v) is 4.02. The van der Waals surface area contributed by atoms with Crippen LogP contribution in [0.1, 0.15) is 11.1 Å². The molecule has 3 rings (SSSR count). The van der Waals surface area contributed by atoms with Crippen molar-refractivity contribution in [3.05, 3.63) is 82.7 Å². The van der Waals surface area contributed by atoms with E-state index < -0.39 is 0 Å². The van der Waals surface area contributed by atoms with Gasteiger partial charge in [-0.3, -0.25) is 9.78 Å². The van der Waals surface area contributed by atoms with E-state index >= 15 is 0 Å². The van der Waals surface area contributed by atoms with E-state index in [1.54, 1.807) is 24.7 Å². The lowest BCUT2D eigenvalue weighted by molar-refractivity contribution is -0.115. The molecule has 1 amide bonds. The summed E-state index contributed by atoms with van der Waals surface area (Å²) in [4.78, 5) is 20.4. The number of hydrogen-bond acceptors (Lipinski definition) is 4. The number of anilines is 2. The molecule has 0 unspecified atom stereocenters. The van der Waals surface area contributed by atoms with Crippen molar-refractivity contribution in [1.82, 2.24) is 9.97 Å². The van der Waals surface area contributed by atoms with Crippen molar-refractivity contribution in [3.8, 4) is 0 Å². The van der Waals surface area contributed by atoms with E-state index in [4.69, 9.17) is 0 Å². The van der Waals surface area contributed by atoms with Crippen LogP contribution in [0.25, 0.3) is 0 Å². The SMILES string of the molecule is O=C(Cc1cccc(Br)c1)Nc1ccc(NCc2ccncc2)cn1. The van der Waals surface area contributed by atoms with Crippen LogP contribution in [0.5, 0.6) is 0 Å². The first-order valence-electron chi connectivity index (χ1n) is 7.82. The summed E-state index contributed by atoms with van der Waals surface area (Å²) in [6, 6.07) is 15.3. The first kappa shape index (κ1) is 17.1. The van der Waals surface area contributed by atoms with Gasteiger partial charge >= 0.3 is 0 Å². The predicted octanol–water partition coefficient (Wildman–Crippen LogP) is 4.03. The van der Waals surface area contributed by atoms with Crippen LogP contribution < -0.4 is 10.6 Å². The maximum Gasteiger partial charge on any atom is 0.229 e. The minimum Gasteiger partial charge on any atom is -0.380 e. The number of pyridine rings is 2. The van der Waals surface area contributed by atoms with Crippen LogP contribution in [0.3, 0.4) is 0 Å². The molecule has 0 fully saturated rings. The second kappa shape index (κ2) is 8.39. The number of nitrogens with zero attached hydrogens (tertiary/aromatic N) is 2. The fraction of sp³-hybridized carbons (Fsp3) is 0.105. The number of carbonyl (C=O) groups excluding carboxylic acids is 1. The Labute approximate surface area is 154 Å². The topological polar surface area (TPSA) is 66.9 Å². The zero-order valence-corrected chi connectivity index (χ0v) is 15.0. The number of carbonyl (C=O) groups is 1. The van der Waals surface area contributed by atoms with Crippen molar-refractivity contribution in [2.75, 3.05) is 10.6 Å². The van der Waals surface area contributed by atoms with E-state index in [-0.39, 0.29) is 5.91 Å². The van der Waals surface area contributed by atoms with Crippen LogP contribution in [0.2, 0.25) is 0 Å². The number of benzene rings is 1. The van der Waals surface area contributed by atoms with Gasteiger partial charge in [0.2, 0.25) is 5.91 Å². The Kier molecular flexibility index (Phi) is 5.74. The van der Waals surface area contributed by atoms with Gasteiger partial charge in [0.25, 0.3) is 0 Å². The lowest BCUT2D eigenvalue weighted by Gasteiger charge is -2.08. The van der Waals surface area contributed by atoms with Gasteiger partial charge < -0.3 is 10.6 Å². The molecule has 25 heavy (non-hydrogen) atoms. The Bertz CT molecular complexity index is 838.